The smallest absolute Gasteiger partial charge is 0.335 e. The van der Waals surface area contributed by atoms with Gasteiger partial charge in [-0.15, -0.1) is 4.33 Å². The number of ether oxygens (including phenoxy) is 1. The lowest BCUT2D eigenvalue weighted by Gasteiger charge is -2.30. The van der Waals surface area contributed by atoms with Crippen molar-refractivity contribution in [3.8, 4) is 5.75 Å². The van der Waals surface area contributed by atoms with E-state index in [9.17, 15) is 19.2 Å². The molecular formula is C20H20N4O8S. The van der Waals surface area contributed by atoms with Crippen molar-refractivity contribution < 1.29 is 38.5 Å². The van der Waals surface area contributed by atoms with Crippen molar-refractivity contribution in [2.45, 2.75) is 24.4 Å². The third kappa shape index (κ3) is 3.95. The van der Waals surface area contributed by atoms with Crippen LogP contribution in [0.2, 0.25) is 0 Å². The number of benzene rings is 1. The first kappa shape index (κ1) is 22.8. The molecule has 0 spiro atoms. The van der Waals surface area contributed by atoms with Gasteiger partial charge < -0.3 is 14.5 Å². The Morgan fingerprint density at radius 2 is 1.88 bits per heavy atom. The first-order chi connectivity index (χ1) is 15.8. The van der Waals surface area contributed by atoms with Gasteiger partial charge in [-0.3, -0.25) is 19.3 Å². The van der Waals surface area contributed by atoms with Gasteiger partial charge in [0.15, 0.2) is 17.8 Å². The van der Waals surface area contributed by atoms with Crippen LogP contribution in [0.25, 0.3) is 0 Å². The molecule has 13 heteroatoms. The Labute approximate surface area is 192 Å². The van der Waals surface area contributed by atoms with E-state index in [2.05, 4.69) is 9.37 Å². The van der Waals surface area contributed by atoms with Gasteiger partial charge in [-0.05, 0) is 36.8 Å². The lowest BCUT2D eigenvalue weighted by atomic mass is 10.1. The predicted octanol–water partition coefficient (Wildman–Crippen LogP) is 1.71. The number of hydrogen-bond donors (Lipinski definition) is 1. The maximum atomic E-state index is 13.0. The number of amides is 5. The number of hydrogen-bond acceptors (Lipinski definition) is 10. The van der Waals surface area contributed by atoms with E-state index in [4.69, 9.17) is 9.99 Å². The first-order valence-corrected chi connectivity index (χ1v) is 10.6. The van der Waals surface area contributed by atoms with Crippen LogP contribution in [0.1, 0.15) is 13.3 Å². The second kappa shape index (κ2) is 8.86. The van der Waals surface area contributed by atoms with Gasteiger partial charge in [-0.25, -0.2) is 15.0 Å². The van der Waals surface area contributed by atoms with Crippen molar-refractivity contribution in [2.75, 3.05) is 25.5 Å². The summed E-state index contributed by atoms with van der Waals surface area (Å²) in [5.41, 5.74) is 0.402. The van der Waals surface area contributed by atoms with Crippen LogP contribution in [0.15, 0.2) is 46.7 Å². The van der Waals surface area contributed by atoms with Gasteiger partial charge in [-0.2, -0.15) is 0 Å². The van der Waals surface area contributed by atoms with E-state index in [-0.39, 0.29) is 11.5 Å². The summed E-state index contributed by atoms with van der Waals surface area (Å²) in [5.74, 6) is -1.11. The average molecular weight is 476 g/mol. The lowest BCUT2D eigenvalue weighted by Crippen LogP contribution is -2.56. The monoisotopic (exact) mass is 476 g/mol. The number of anilines is 1. The zero-order valence-electron chi connectivity index (χ0n) is 17.9. The Balaban J connectivity index is 1.58. The van der Waals surface area contributed by atoms with E-state index >= 15 is 0 Å². The van der Waals surface area contributed by atoms with Crippen molar-refractivity contribution in [3.63, 3.8) is 0 Å². The topological polar surface area (TPSA) is 129 Å². The zero-order chi connectivity index (χ0) is 23.9. The molecule has 0 radical (unpaired) electrons. The van der Waals surface area contributed by atoms with Gasteiger partial charge in [0.05, 0.1) is 17.7 Å². The number of likely N-dealkylation sites (N-methyl/N-ethyl adjacent to an activating group) is 1. The number of nitrogens with zero attached hydrogens (tertiary/aromatic N) is 4. The number of imide groups is 2. The van der Waals surface area contributed by atoms with Gasteiger partial charge >= 0.3 is 6.03 Å². The largest absolute Gasteiger partial charge is 0.439 e. The lowest BCUT2D eigenvalue weighted by molar-refractivity contribution is -0.432. The summed E-state index contributed by atoms with van der Waals surface area (Å²) < 4.78 is 10.2. The average Bonchev–Trinajstić information content (AvgIpc) is 3.30. The summed E-state index contributed by atoms with van der Waals surface area (Å²) in [4.78, 5) is 55.6. The molecule has 2 fully saturated rings. The molecule has 1 aromatic carbocycles. The molecule has 33 heavy (non-hydrogen) atoms. The van der Waals surface area contributed by atoms with Crippen molar-refractivity contribution in [2.24, 2.45) is 0 Å². The number of carbonyl (C=O) groups excluding carboxylic acids is 4. The number of rotatable bonds is 7. The molecule has 1 N–H and O–H groups in total. The summed E-state index contributed by atoms with van der Waals surface area (Å²) in [6.07, 6.45) is 2.39. The molecule has 1 unspecified atom stereocenters. The Hall–Kier alpha value is -3.39. The van der Waals surface area contributed by atoms with Crippen LogP contribution in [0.3, 0.4) is 0 Å². The fourth-order valence-corrected chi connectivity index (χ4v) is 3.97. The number of carbonyl (C=O) groups is 4. The maximum Gasteiger partial charge on any atom is 0.335 e. The second-order valence-electron chi connectivity index (χ2n) is 7.33. The van der Waals surface area contributed by atoms with E-state index in [1.165, 1.54) is 24.1 Å². The van der Waals surface area contributed by atoms with Crippen LogP contribution in [0, 0.1) is 0 Å². The van der Waals surface area contributed by atoms with Crippen molar-refractivity contribution in [3.05, 3.63) is 41.8 Å². The van der Waals surface area contributed by atoms with E-state index in [0.717, 1.165) is 21.8 Å². The molecule has 3 aliphatic rings. The molecule has 12 nitrogen and oxygen atoms in total. The highest BCUT2D eigenvalue weighted by Gasteiger charge is 2.57. The van der Waals surface area contributed by atoms with Crippen LogP contribution < -0.4 is 9.64 Å². The van der Waals surface area contributed by atoms with Crippen LogP contribution in [0.4, 0.5) is 10.5 Å². The highest BCUT2D eigenvalue weighted by molar-refractivity contribution is 7.94. The molecule has 5 amide bonds. The summed E-state index contributed by atoms with van der Waals surface area (Å²) in [6.45, 7) is 2.29. The maximum absolute atomic E-state index is 13.0. The molecule has 0 bridgehead atoms. The molecule has 3 heterocycles. The predicted molar refractivity (Wildman–Crippen MR) is 113 cm³/mol. The minimum Gasteiger partial charge on any atom is -0.439 e. The highest BCUT2D eigenvalue weighted by Crippen LogP contribution is 2.40. The standard InChI is InChI=1S/C20H20N4O8S/c1-4-9-23-16(19(23)27)24-18(26)12(17(25)22(3)20(24)28)6-8-15-21(2)13-10-11(33-32-31-29)5-7-14(13)30-15/h5-8,10,16,29H,4,9H2,1-3H3. The Kier molecular flexibility index (Phi) is 6.12. The molecule has 1 aromatic rings. The summed E-state index contributed by atoms with van der Waals surface area (Å²) in [7, 11) is 2.97. The fourth-order valence-electron chi connectivity index (χ4n) is 3.57. The summed E-state index contributed by atoms with van der Waals surface area (Å²) in [6, 6.07) is 4.24. The quantitative estimate of drug-likeness (QED) is 0.155. The zero-order valence-corrected chi connectivity index (χ0v) is 18.7. The Morgan fingerprint density at radius 3 is 2.58 bits per heavy atom. The van der Waals surface area contributed by atoms with Crippen LogP contribution >= 0.6 is 12.0 Å². The first-order valence-electron chi connectivity index (χ1n) is 9.88. The van der Waals surface area contributed by atoms with Gasteiger partial charge in [0.2, 0.25) is 0 Å². The highest BCUT2D eigenvalue weighted by atomic mass is 32.2. The van der Waals surface area contributed by atoms with Crippen molar-refractivity contribution in [1.82, 2.24) is 14.7 Å². The normalized spacial score (nSPS) is 22.6. The van der Waals surface area contributed by atoms with Crippen molar-refractivity contribution in [1.29, 1.82) is 0 Å². The van der Waals surface area contributed by atoms with Gasteiger partial charge in [0.25, 0.3) is 17.7 Å². The molecule has 0 aliphatic carbocycles. The van der Waals surface area contributed by atoms with Crippen molar-refractivity contribution >= 4 is 41.5 Å². The minimum absolute atomic E-state index is 0.265. The molecule has 174 valence electrons. The van der Waals surface area contributed by atoms with Crippen LogP contribution in [-0.4, -0.2) is 70.5 Å². The summed E-state index contributed by atoms with van der Waals surface area (Å²) >= 11 is 0.790. The molecular weight excluding hydrogens is 456 g/mol. The molecule has 3 aliphatic heterocycles. The van der Waals surface area contributed by atoms with Gasteiger partial charge in [0.1, 0.15) is 5.57 Å². The molecule has 4 rings (SSSR count). The Morgan fingerprint density at radius 1 is 1.12 bits per heavy atom. The van der Waals surface area contributed by atoms with Gasteiger partial charge in [0, 0.05) is 25.5 Å². The fraction of sp³-hybridized carbons (Fsp3) is 0.300. The molecule has 2 saturated heterocycles. The minimum atomic E-state index is -0.993. The summed E-state index contributed by atoms with van der Waals surface area (Å²) in [5, 5.41) is 11.9. The molecule has 0 aromatic heterocycles. The number of barbiturate groups is 1. The molecule has 1 atom stereocenters. The SMILES string of the molecule is CCCN1C(=O)C1N1C(=O)C(=CC=C2Oc3ccc(SOOO)cc3N2C)C(=O)N(C)C1=O. The Bertz CT molecular complexity index is 1100. The number of urea groups is 1. The number of fused-ring (bicyclic) bond motifs is 1. The third-order valence-electron chi connectivity index (χ3n) is 5.31. The number of allylic oxidation sites excluding steroid dienone is 2. The van der Waals surface area contributed by atoms with Gasteiger partial charge in [-0.1, -0.05) is 12.0 Å². The van der Waals surface area contributed by atoms with E-state index in [0.29, 0.717) is 35.2 Å². The van der Waals surface area contributed by atoms with Crippen LogP contribution in [0.5, 0.6) is 5.75 Å². The second-order valence-corrected chi connectivity index (χ2v) is 8.10. The van der Waals surface area contributed by atoms with Crippen LogP contribution in [-0.2, 0) is 23.8 Å². The van der Waals surface area contributed by atoms with E-state index < -0.39 is 24.0 Å². The molecule has 0 saturated carbocycles. The van der Waals surface area contributed by atoms with E-state index in [1.54, 1.807) is 30.1 Å². The van der Waals surface area contributed by atoms with E-state index in [1.807, 2.05) is 6.92 Å². The third-order valence-corrected chi connectivity index (χ3v) is 5.88.